The lowest BCUT2D eigenvalue weighted by Gasteiger charge is -2.28. The van der Waals surface area contributed by atoms with Crippen LogP contribution in [0.15, 0.2) is 70.5 Å². The van der Waals surface area contributed by atoms with E-state index in [-0.39, 0.29) is 93.7 Å². The second-order valence-corrected chi connectivity index (χ2v) is 19.0. The summed E-state index contributed by atoms with van der Waals surface area (Å²) in [6, 6.07) is 12.3. The number of nitrogens with one attached hydrogen (secondary N) is 6. The third-order valence-corrected chi connectivity index (χ3v) is 13.7. The van der Waals surface area contributed by atoms with Gasteiger partial charge in [0.25, 0.3) is 31.9 Å². The van der Waals surface area contributed by atoms with E-state index in [4.69, 9.17) is 40.6 Å². The second kappa shape index (κ2) is 24.8. The van der Waals surface area contributed by atoms with Crippen LogP contribution < -0.4 is 59.1 Å². The van der Waals surface area contributed by atoms with Gasteiger partial charge in [-0.3, -0.25) is 14.3 Å². The van der Waals surface area contributed by atoms with Crippen molar-refractivity contribution in [3.63, 3.8) is 0 Å². The average molecular weight is 1040 g/mol. The summed E-state index contributed by atoms with van der Waals surface area (Å²) in [7, 11) is -5.55. The quantitative estimate of drug-likeness (QED) is 0.0698. The van der Waals surface area contributed by atoms with Crippen LogP contribution in [-0.2, 0) is 20.0 Å². The van der Waals surface area contributed by atoms with Gasteiger partial charge in [-0.1, -0.05) is 0 Å². The largest absolute Gasteiger partial charge is 0.496 e. The molecule has 4 amide bonds. The molecule has 2 atom stereocenters. The van der Waals surface area contributed by atoms with E-state index in [0.717, 1.165) is 12.1 Å². The van der Waals surface area contributed by atoms with E-state index in [2.05, 4.69) is 26.0 Å². The molecule has 2 unspecified atom stereocenters. The first kappa shape index (κ1) is 54.3. The Kier molecular flexibility index (Phi) is 19.2. The number of carbonyl (C=O) groups excluding carboxylic acids is 3. The molecule has 4 aromatic rings. The minimum Gasteiger partial charge on any atom is -0.496 e. The van der Waals surface area contributed by atoms with Crippen molar-refractivity contribution in [1.29, 1.82) is 0 Å². The Bertz CT molecular complexity index is 2600. The molecule has 6 rings (SSSR count). The van der Waals surface area contributed by atoms with Gasteiger partial charge in [-0.25, -0.2) is 35.1 Å². The number of hydrogen-bond donors (Lipinski definition) is 6. The molecule has 0 radical (unpaired) electrons. The first-order chi connectivity index (χ1) is 33.4. The molecule has 2 aliphatic heterocycles. The van der Waals surface area contributed by atoms with Crippen LogP contribution in [0.5, 0.6) is 34.5 Å². The monoisotopic (exact) mass is 1030 g/mol. The molecular weight excluding hydrogens is 979 g/mol. The first-order valence-electron chi connectivity index (χ1n) is 22.1. The Morgan fingerprint density at radius 1 is 0.614 bits per heavy atom. The van der Waals surface area contributed by atoms with Gasteiger partial charge >= 0.3 is 6.03 Å². The smallest absolute Gasteiger partial charge is 0.328 e. The van der Waals surface area contributed by atoms with Crippen LogP contribution in [0.25, 0.3) is 0 Å². The first-order valence-corrected chi connectivity index (χ1v) is 25.5. The molecule has 2 aliphatic rings. The fourth-order valence-corrected chi connectivity index (χ4v) is 10.1. The number of sulfonamides is 2. The van der Waals surface area contributed by atoms with Gasteiger partial charge in [0.1, 0.15) is 55.9 Å². The molecule has 6 N–H and O–H groups in total. The number of thiocarbonyl (C=S) groups is 1. The Labute approximate surface area is 410 Å². The molecule has 70 heavy (non-hydrogen) atoms. The minimum absolute atomic E-state index is 0.0308. The number of rotatable bonds is 18. The molecule has 0 bridgehead atoms. The van der Waals surface area contributed by atoms with Crippen LogP contribution in [0.4, 0.5) is 13.6 Å². The minimum atomic E-state index is -4.27. The van der Waals surface area contributed by atoms with E-state index >= 15 is 0 Å². The third-order valence-electron chi connectivity index (χ3n) is 10.6. The summed E-state index contributed by atoms with van der Waals surface area (Å²) >= 11 is 5.05. The summed E-state index contributed by atoms with van der Waals surface area (Å²) in [5.41, 5.74) is 1.24. The fourth-order valence-electron chi connectivity index (χ4n) is 7.40. The highest BCUT2D eigenvalue weighted by molar-refractivity contribution is 7.92. The topological polar surface area (TPSA) is 247 Å². The molecule has 0 aliphatic carbocycles. The van der Waals surface area contributed by atoms with Crippen molar-refractivity contribution >= 4 is 55.2 Å². The zero-order valence-electron chi connectivity index (χ0n) is 39.3. The van der Waals surface area contributed by atoms with Crippen LogP contribution in [0.3, 0.4) is 0 Å². The lowest BCUT2D eigenvalue weighted by atomic mass is 9.92. The molecule has 4 aromatic carbocycles. The maximum absolute atomic E-state index is 13.7. The van der Waals surface area contributed by atoms with E-state index in [0.29, 0.717) is 55.2 Å². The van der Waals surface area contributed by atoms with Gasteiger partial charge < -0.3 is 49.7 Å². The summed E-state index contributed by atoms with van der Waals surface area (Å²) in [5, 5.41) is 10.6. The molecule has 0 saturated carbocycles. The van der Waals surface area contributed by atoms with Crippen molar-refractivity contribution in [2.45, 2.75) is 62.2 Å². The van der Waals surface area contributed by atoms with E-state index < -0.39 is 49.5 Å². The Morgan fingerprint density at radius 2 is 1.04 bits per heavy atom. The van der Waals surface area contributed by atoms with Crippen molar-refractivity contribution in [3.8, 4) is 34.5 Å². The highest BCUT2D eigenvalue weighted by Crippen LogP contribution is 2.41. The van der Waals surface area contributed by atoms with Crippen LogP contribution in [0.1, 0.15) is 84.2 Å². The predicted molar refractivity (Wildman–Crippen MR) is 257 cm³/mol. The van der Waals surface area contributed by atoms with Crippen molar-refractivity contribution in [3.05, 3.63) is 94.6 Å². The van der Waals surface area contributed by atoms with Crippen molar-refractivity contribution in [2.24, 2.45) is 0 Å². The molecule has 0 saturated heterocycles. The van der Waals surface area contributed by atoms with Gasteiger partial charge in [-0.2, -0.15) is 0 Å². The van der Waals surface area contributed by atoms with Crippen molar-refractivity contribution < 1.29 is 68.4 Å². The number of hydrogen-bond acceptors (Lipinski definition) is 14. The molecular formula is C46H56F2N6O13S3. The average Bonchev–Trinajstić information content (AvgIpc) is 3.32. The molecule has 0 spiro atoms. The van der Waals surface area contributed by atoms with Crippen molar-refractivity contribution in [1.82, 2.24) is 30.7 Å². The van der Waals surface area contributed by atoms with Crippen LogP contribution >= 0.6 is 12.2 Å². The molecule has 19 nitrogen and oxygen atoms in total. The number of methoxy groups -OCH3 is 2. The molecule has 0 aromatic heterocycles. The summed E-state index contributed by atoms with van der Waals surface area (Å²) in [6.45, 7) is 9.05. The number of benzene rings is 4. The van der Waals surface area contributed by atoms with Gasteiger partial charge in [-0.05, 0) is 101 Å². The number of halogens is 2. The predicted octanol–water partition coefficient (Wildman–Crippen LogP) is 5.24. The summed E-state index contributed by atoms with van der Waals surface area (Å²) in [6.07, 6.45) is 1.02. The summed E-state index contributed by atoms with van der Waals surface area (Å²) < 4.78 is 117. The second-order valence-electron chi connectivity index (χ2n) is 15.2. The zero-order chi connectivity index (χ0) is 51.2. The summed E-state index contributed by atoms with van der Waals surface area (Å²) in [4.78, 5) is 37.0. The van der Waals surface area contributed by atoms with Gasteiger partial charge in [0.15, 0.2) is 5.11 Å². The van der Waals surface area contributed by atoms with E-state index in [1.165, 1.54) is 62.8 Å². The van der Waals surface area contributed by atoms with E-state index in [9.17, 15) is 40.0 Å². The number of carbonyl (C=O) groups is 3. The number of urea groups is 1. The van der Waals surface area contributed by atoms with Crippen molar-refractivity contribution in [2.75, 3.05) is 66.8 Å². The summed E-state index contributed by atoms with van der Waals surface area (Å²) in [5.74, 6) is -1.23. The fraction of sp³-hybridized carbons (Fsp3) is 0.391. The number of ether oxygens (including phenoxy) is 6. The van der Waals surface area contributed by atoms with Gasteiger partial charge in [0.05, 0.1) is 51.8 Å². The Morgan fingerprint density at radius 3 is 1.44 bits per heavy atom. The lowest BCUT2D eigenvalue weighted by Crippen LogP contribution is -2.39. The van der Waals surface area contributed by atoms with E-state index in [1.807, 2.05) is 4.72 Å². The third kappa shape index (κ3) is 13.8. The van der Waals surface area contributed by atoms with E-state index in [1.54, 1.807) is 27.7 Å². The van der Waals surface area contributed by atoms with Crippen LogP contribution in [0, 0.1) is 11.6 Å². The van der Waals surface area contributed by atoms with Gasteiger partial charge in [0.2, 0.25) is 0 Å². The number of fused-ring (bicyclic) bond motifs is 2. The molecule has 24 heteroatoms. The van der Waals surface area contributed by atoms with Gasteiger partial charge in [-0.15, -0.1) is 0 Å². The number of amides is 4. The SMILES string of the molecule is CCNC(=O)NS(=O)(=O)c1cc2c(cc1OCC)OCCC2CNC(=O)c1cc(F)ccc1OC.CCNC(=S)NS(=O)(=O)c1cc2c(cc1OCC)OCCC2CNC(=O)c1cc(F)ccc1OC. The highest BCUT2D eigenvalue weighted by atomic mass is 32.2. The normalized spacial score (nSPS) is 14.8. The highest BCUT2D eigenvalue weighted by Gasteiger charge is 2.32. The maximum atomic E-state index is 13.7. The molecule has 2 heterocycles. The standard InChI is InChI=1S/C23H28FN3O7S.C23H28FN3O6S2/c1-4-25-23(29)27-35(30,31)21-11-16-14(8-9-34-19(16)12-20(21)33-5-2)13-26-22(28)17-10-15(24)6-7-18(17)32-3;1-4-25-23(34)27-35(29,30)21-11-16-14(8-9-33-19(16)12-20(21)32-5-2)13-26-22(28)17-10-15(24)6-7-18(17)31-3/h6-7,10-12,14H,4-5,8-9,13H2,1-3H3,(H,26,28)(H2,25,27,29);6-7,10-12,14H,4-5,8-9,13H2,1-3H3,(H,26,28)(H2,25,27,34). The van der Waals surface area contributed by atoms with Gasteiger partial charge in [0, 0.05) is 61.3 Å². The Hall–Kier alpha value is -6.66. The van der Waals surface area contributed by atoms with Crippen LogP contribution in [-0.4, -0.2) is 107 Å². The molecule has 0 fully saturated rings. The molecule has 380 valence electrons. The maximum Gasteiger partial charge on any atom is 0.328 e. The van der Waals surface area contributed by atoms with Crippen LogP contribution in [0.2, 0.25) is 0 Å². The lowest BCUT2D eigenvalue weighted by molar-refractivity contribution is 0.0936. The Balaban J connectivity index is 0.000000261. The zero-order valence-corrected chi connectivity index (χ0v) is 41.7.